The Labute approximate surface area is 109 Å². The van der Waals surface area contributed by atoms with Crippen LogP contribution in [0.3, 0.4) is 0 Å². The molecule has 92 valence electrons. The summed E-state index contributed by atoms with van der Waals surface area (Å²) in [5.74, 6) is 0.833. The standard InChI is InChI=1S/C14H20N2S/c1-9-4-7-12(14(15)17)13(8-9)16(3)10(2)11-5-6-11/h4,7-8,10-11H,5-6H2,1-3H3,(H2,15,17). The molecule has 1 aromatic carbocycles. The van der Waals surface area contributed by atoms with E-state index in [1.54, 1.807) is 0 Å². The molecule has 1 unspecified atom stereocenters. The fraction of sp³-hybridized carbons (Fsp3) is 0.500. The smallest absolute Gasteiger partial charge is 0.106 e. The summed E-state index contributed by atoms with van der Waals surface area (Å²) < 4.78 is 0. The first-order chi connectivity index (χ1) is 8.00. The third-order valence-corrected chi connectivity index (χ3v) is 3.93. The van der Waals surface area contributed by atoms with Crippen molar-refractivity contribution in [1.29, 1.82) is 0 Å². The Kier molecular flexibility index (Phi) is 3.38. The van der Waals surface area contributed by atoms with E-state index in [4.69, 9.17) is 18.0 Å². The molecule has 1 atom stereocenters. The van der Waals surface area contributed by atoms with E-state index < -0.39 is 0 Å². The van der Waals surface area contributed by atoms with E-state index >= 15 is 0 Å². The SMILES string of the molecule is Cc1ccc(C(N)=S)c(N(C)C(C)C2CC2)c1. The van der Waals surface area contributed by atoms with Crippen molar-refractivity contribution in [3.63, 3.8) is 0 Å². The number of thiocarbonyl (C=S) groups is 1. The monoisotopic (exact) mass is 248 g/mol. The highest BCUT2D eigenvalue weighted by molar-refractivity contribution is 7.80. The van der Waals surface area contributed by atoms with Crippen LogP contribution in [0.25, 0.3) is 0 Å². The molecule has 1 aliphatic rings. The highest BCUT2D eigenvalue weighted by atomic mass is 32.1. The lowest BCUT2D eigenvalue weighted by Crippen LogP contribution is -2.32. The van der Waals surface area contributed by atoms with Crippen molar-refractivity contribution < 1.29 is 0 Å². The Morgan fingerprint density at radius 2 is 2.12 bits per heavy atom. The lowest BCUT2D eigenvalue weighted by atomic mass is 10.1. The minimum Gasteiger partial charge on any atom is -0.389 e. The molecule has 1 saturated carbocycles. The van der Waals surface area contributed by atoms with Crippen LogP contribution in [0.15, 0.2) is 18.2 Å². The summed E-state index contributed by atoms with van der Waals surface area (Å²) in [6.07, 6.45) is 2.69. The van der Waals surface area contributed by atoms with Gasteiger partial charge in [0, 0.05) is 24.3 Å². The summed E-state index contributed by atoms with van der Waals surface area (Å²) in [5.41, 5.74) is 9.19. The maximum Gasteiger partial charge on any atom is 0.106 e. The van der Waals surface area contributed by atoms with Gasteiger partial charge in [-0.25, -0.2) is 0 Å². The minimum absolute atomic E-state index is 0.481. The van der Waals surface area contributed by atoms with Crippen LogP contribution in [0.5, 0.6) is 0 Å². The molecule has 2 rings (SSSR count). The van der Waals surface area contributed by atoms with Gasteiger partial charge in [-0.3, -0.25) is 0 Å². The van der Waals surface area contributed by atoms with Crippen LogP contribution in [-0.4, -0.2) is 18.1 Å². The Bertz CT molecular complexity index is 438. The second-order valence-corrected chi connectivity index (χ2v) is 5.51. The highest BCUT2D eigenvalue weighted by Crippen LogP contribution is 2.37. The van der Waals surface area contributed by atoms with E-state index in [0.717, 1.165) is 17.2 Å². The van der Waals surface area contributed by atoms with E-state index in [1.165, 1.54) is 18.4 Å². The quantitative estimate of drug-likeness (QED) is 0.831. The van der Waals surface area contributed by atoms with E-state index in [1.807, 2.05) is 6.07 Å². The molecule has 0 bridgehead atoms. The van der Waals surface area contributed by atoms with Crippen molar-refractivity contribution in [3.05, 3.63) is 29.3 Å². The summed E-state index contributed by atoms with van der Waals surface area (Å²) in [5, 5.41) is 0. The van der Waals surface area contributed by atoms with Gasteiger partial charge >= 0.3 is 0 Å². The van der Waals surface area contributed by atoms with E-state index in [0.29, 0.717) is 11.0 Å². The Morgan fingerprint density at radius 1 is 1.47 bits per heavy atom. The predicted molar refractivity (Wildman–Crippen MR) is 77.7 cm³/mol. The van der Waals surface area contributed by atoms with Crippen molar-refractivity contribution in [2.75, 3.05) is 11.9 Å². The van der Waals surface area contributed by atoms with Crippen molar-refractivity contribution >= 4 is 22.9 Å². The number of hydrogen-bond donors (Lipinski definition) is 1. The molecule has 3 heteroatoms. The van der Waals surface area contributed by atoms with Gasteiger partial charge in [-0.15, -0.1) is 0 Å². The van der Waals surface area contributed by atoms with Crippen molar-refractivity contribution in [2.45, 2.75) is 32.7 Å². The number of benzene rings is 1. The van der Waals surface area contributed by atoms with Gasteiger partial charge in [-0.2, -0.15) is 0 Å². The number of rotatable bonds is 4. The molecule has 0 aliphatic heterocycles. The average Bonchev–Trinajstić information content (AvgIpc) is 3.10. The summed E-state index contributed by atoms with van der Waals surface area (Å²) >= 11 is 5.13. The molecule has 17 heavy (non-hydrogen) atoms. The van der Waals surface area contributed by atoms with Crippen molar-refractivity contribution in [3.8, 4) is 0 Å². The Hall–Kier alpha value is -1.09. The summed E-state index contributed by atoms with van der Waals surface area (Å²) in [7, 11) is 2.14. The fourth-order valence-electron chi connectivity index (χ4n) is 2.26. The van der Waals surface area contributed by atoms with Crippen LogP contribution in [0.4, 0.5) is 5.69 Å². The van der Waals surface area contributed by atoms with Gasteiger partial charge in [-0.05, 0) is 50.3 Å². The van der Waals surface area contributed by atoms with Gasteiger partial charge in [0.25, 0.3) is 0 Å². The predicted octanol–water partition coefficient (Wildman–Crippen LogP) is 2.86. The second kappa shape index (κ2) is 4.65. The topological polar surface area (TPSA) is 29.3 Å². The third-order valence-electron chi connectivity index (χ3n) is 3.71. The van der Waals surface area contributed by atoms with E-state index in [2.05, 4.69) is 37.9 Å². The van der Waals surface area contributed by atoms with Gasteiger partial charge < -0.3 is 10.6 Å². The Morgan fingerprint density at radius 3 is 2.65 bits per heavy atom. The normalized spacial score (nSPS) is 16.6. The van der Waals surface area contributed by atoms with Crippen LogP contribution in [-0.2, 0) is 0 Å². The molecule has 1 aliphatic carbocycles. The molecule has 0 saturated heterocycles. The zero-order valence-electron chi connectivity index (χ0n) is 10.7. The molecule has 0 amide bonds. The molecule has 0 heterocycles. The van der Waals surface area contributed by atoms with E-state index in [-0.39, 0.29) is 0 Å². The summed E-state index contributed by atoms with van der Waals surface area (Å²) in [6, 6.07) is 6.83. The molecule has 0 spiro atoms. The van der Waals surface area contributed by atoms with Gasteiger partial charge in [-0.1, -0.05) is 18.3 Å². The fourth-order valence-corrected chi connectivity index (χ4v) is 2.43. The zero-order valence-corrected chi connectivity index (χ0v) is 11.6. The second-order valence-electron chi connectivity index (χ2n) is 5.07. The highest BCUT2D eigenvalue weighted by Gasteiger charge is 2.31. The van der Waals surface area contributed by atoms with Gasteiger partial charge in [0.05, 0.1) is 0 Å². The maximum atomic E-state index is 5.80. The summed E-state index contributed by atoms with van der Waals surface area (Å²) in [4.78, 5) is 2.80. The minimum atomic E-state index is 0.481. The molecule has 1 aromatic rings. The van der Waals surface area contributed by atoms with Crippen LogP contribution in [0, 0.1) is 12.8 Å². The lowest BCUT2D eigenvalue weighted by Gasteiger charge is -2.29. The molecule has 0 aromatic heterocycles. The largest absolute Gasteiger partial charge is 0.389 e. The van der Waals surface area contributed by atoms with Crippen molar-refractivity contribution in [2.24, 2.45) is 11.7 Å². The lowest BCUT2D eigenvalue weighted by molar-refractivity contribution is 0.609. The molecule has 0 radical (unpaired) electrons. The first-order valence-electron chi connectivity index (χ1n) is 6.14. The number of hydrogen-bond acceptors (Lipinski definition) is 2. The number of nitrogens with zero attached hydrogens (tertiary/aromatic N) is 1. The zero-order chi connectivity index (χ0) is 12.6. The van der Waals surface area contributed by atoms with Gasteiger partial charge in [0.2, 0.25) is 0 Å². The van der Waals surface area contributed by atoms with Crippen molar-refractivity contribution in [1.82, 2.24) is 0 Å². The number of aryl methyl sites for hydroxylation is 1. The maximum absolute atomic E-state index is 5.80. The first-order valence-corrected chi connectivity index (χ1v) is 6.55. The Balaban J connectivity index is 2.34. The average molecular weight is 248 g/mol. The van der Waals surface area contributed by atoms with Crippen LogP contribution < -0.4 is 10.6 Å². The van der Waals surface area contributed by atoms with E-state index in [9.17, 15) is 0 Å². The van der Waals surface area contributed by atoms with Crippen LogP contribution in [0.1, 0.15) is 30.9 Å². The molecular weight excluding hydrogens is 228 g/mol. The van der Waals surface area contributed by atoms with Crippen LogP contribution >= 0.6 is 12.2 Å². The first kappa shape index (κ1) is 12.4. The third kappa shape index (κ3) is 2.60. The molecular formula is C14H20N2S. The summed E-state index contributed by atoms with van der Waals surface area (Å²) in [6.45, 7) is 4.38. The molecule has 1 fully saturated rings. The van der Waals surface area contributed by atoms with Crippen LogP contribution in [0.2, 0.25) is 0 Å². The number of anilines is 1. The molecule has 2 N–H and O–H groups in total. The number of nitrogens with two attached hydrogens (primary N) is 1. The van der Waals surface area contributed by atoms with Gasteiger partial charge in [0.15, 0.2) is 0 Å². The van der Waals surface area contributed by atoms with Gasteiger partial charge in [0.1, 0.15) is 4.99 Å². The molecule has 2 nitrogen and oxygen atoms in total.